The number of carbonyl (C=O) groups excluding carboxylic acids is 1. The fourth-order valence-electron chi connectivity index (χ4n) is 4.34. The van der Waals surface area contributed by atoms with Crippen LogP contribution in [0, 0.1) is 13.8 Å². The predicted octanol–water partition coefficient (Wildman–Crippen LogP) is 4.29. The summed E-state index contributed by atoms with van der Waals surface area (Å²) >= 11 is 1.51. The van der Waals surface area contributed by atoms with Gasteiger partial charge >= 0.3 is 0 Å². The summed E-state index contributed by atoms with van der Waals surface area (Å²) in [4.78, 5) is 35.7. The molecule has 1 saturated heterocycles. The zero-order chi connectivity index (χ0) is 22.7. The van der Waals surface area contributed by atoms with E-state index in [1.54, 1.807) is 0 Å². The fraction of sp³-hybridized carbons (Fsp3) is 0.500. The smallest absolute Gasteiger partial charge is 0.264 e. The molecule has 1 fully saturated rings. The molecule has 1 amide bonds. The molecule has 3 aromatic rings. The molecule has 0 unspecified atom stereocenters. The van der Waals surface area contributed by atoms with Crippen LogP contribution < -0.4 is 9.80 Å². The molecule has 1 aliphatic rings. The molecule has 4 rings (SSSR count). The van der Waals surface area contributed by atoms with Crippen molar-refractivity contribution in [3.63, 3.8) is 0 Å². The van der Waals surface area contributed by atoms with Gasteiger partial charge in [-0.25, -0.2) is 15.0 Å². The number of anilines is 2. The van der Waals surface area contributed by atoms with Crippen molar-refractivity contribution in [2.45, 2.75) is 40.5 Å². The monoisotopic (exact) mass is 452 g/mol. The third-order valence-electron chi connectivity index (χ3n) is 5.90. The van der Waals surface area contributed by atoms with Crippen molar-refractivity contribution in [2.75, 3.05) is 49.1 Å². The molecule has 0 N–H and O–H groups in total. The maximum absolute atomic E-state index is 13.3. The number of carbonyl (C=O) groups is 1. The summed E-state index contributed by atoms with van der Waals surface area (Å²) in [6.07, 6.45) is 3.76. The molecule has 170 valence electrons. The number of rotatable bonds is 7. The maximum atomic E-state index is 13.3. The Kier molecular flexibility index (Phi) is 6.89. The molecule has 0 radical (unpaired) electrons. The first-order valence-corrected chi connectivity index (χ1v) is 12.3. The molecule has 0 saturated carbocycles. The standard InChI is InChI=1S/C24H32N6OS/c1-5-11-30(12-6-2)24(31)21-17(3)20-22(26-18(4)27-23(20)32-21)29-15-13-28(14-16-29)19-9-7-8-10-25-19/h7-10H,5-6,11-16H2,1-4H3. The van der Waals surface area contributed by atoms with Gasteiger partial charge in [-0.05, 0) is 44.4 Å². The molecule has 0 aromatic carbocycles. The largest absolute Gasteiger partial charge is 0.353 e. The molecular formula is C24H32N6OS. The van der Waals surface area contributed by atoms with E-state index in [0.717, 1.165) is 90.2 Å². The molecule has 4 heterocycles. The van der Waals surface area contributed by atoms with Crippen molar-refractivity contribution in [3.05, 3.63) is 40.7 Å². The minimum Gasteiger partial charge on any atom is -0.353 e. The topological polar surface area (TPSA) is 65.5 Å². The van der Waals surface area contributed by atoms with Crippen LogP contribution in [0.1, 0.15) is 47.7 Å². The lowest BCUT2D eigenvalue weighted by Crippen LogP contribution is -2.47. The van der Waals surface area contributed by atoms with E-state index in [9.17, 15) is 4.79 Å². The highest BCUT2D eigenvalue weighted by Crippen LogP contribution is 2.36. The highest BCUT2D eigenvalue weighted by Gasteiger charge is 2.27. The van der Waals surface area contributed by atoms with Crippen LogP contribution in [0.15, 0.2) is 24.4 Å². The Bertz CT molecular complexity index is 1070. The van der Waals surface area contributed by atoms with Gasteiger partial charge in [0.1, 0.15) is 22.3 Å². The van der Waals surface area contributed by atoms with Crippen molar-refractivity contribution >= 4 is 39.1 Å². The van der Waals surface area contributed by atoms with E-state index in [4.69, 9.17) is 9.97 Å². The second-order valence-corrected chi connectivity index (χ2v) is 9.28. The predicted molar refractivity (Wildman–Crippen MR) is 132 cm³/mol. The van der Waals surface area contributed by atoms with Gasteiger partial charge in [0.25, 0.3) is 5.91 Å². The van der Waals surface area contributed by atoms with Crippen molar-refractivity contribution in [3.8, 4) is 0 Å². The number of thiophene rings is 1. The molecule has 3 aromatic heterocycles. The van der Waals surface area contributed by atoms with Gasteiger partial charge in [-0.15, -0.1) is 11.3 Å². The van der Waals surface area contributed by atoms with E-state index >= 15 is 0 Å². The molecular weight excluding hydrogens is 420 g/mol. The third kappa shape index (κ3) is 4.41. The average Bonchev–Trinajstić information content (AvgIpc) is 3.14. The van der Waals surface area contributed by atoms with Gasteiger partial charge < -0.3 is 14.7 Å². The van der Waals surface area contributed by atoms with Crippen molar-refractivity contribution in [1.82, 2.24) is 19.9 Å². The first kappa shape index (κ1) is 22.5. The van der Waals surface area contributed by atoms with Crippen LogP contribution in [0.25, 0.3) is 10.2 Å². The number of fused-ring (bicyclic) bond motifs is 1. The molecule has 0 atom stereocenters. The van der Waals surface area contributed by atoms with Gasteiger partial charge in [0.15, 0.2) is 0 Å². The highest BCUT2D eigenvalue weighted by molar-refractivity contribution is 7.20. The summed E-state index contributed by atoms with van der Waals surface area (Å²) in [5.41, 5.74) is 1.01. The molecule has 0 bridgehead atoms. The molecule has 0 aliphatic carbocycles. The number of aromatic nitrogens is 3. The number of nitrogens with zero attached hydrogens (tertiary/aromatic N) is 6. The number of pyridine rings is 1. The van der Waals surface area contributed by atoms with Gasteiger partial charge in [0.2, 0.25) is 0 Å². The summed E-state index contributed by atoms with van der Waals surface area (Å²) in [5.74, 6) is 2.85. The Labute approximate surface area is 194 Å². The van der Waals surface area contributed by atoms with Crippen LogP contribution >= 0.6 is 11.3 Å². The van der Waals surface area contributed by atoms with Crippen LogP contribution in [-0.4, -0.2) is 65.0 Å². The zero-order valence-electron chi connectivity index (χ0n) is 19.5. The molecule has 8 heteroatoms. The molecule has 1 aliphatic heterocycles. The maximum Gasteiger partial charge on any atom is 0.264 e. The van der Waals surface area contributed by atoms with Crippen molar-refractivity contribution < 1.29 is 4.79 Å². The third-order valence-corrected chi connectivity index (χ3v) is 7.08. The van der Waals surface area contributed by atoms with Gasteiger partial charge in [-0.1, -0.05) is 19.9 Å². The number of amides is 1. The normalized spacial score (nSPS) is 14.2. The Morgan fingerprint density at radius 2 is 1.72 bits per heavy atom. The summed E-state index contributed by atoms with van der Waals surface area (Å²) < 4.78 is 0. The van der Waals surface area contributed by atoms with Crippen LogP contribution in [-0.2, 0) is 0 Å². The van der Waals surface area contributed by atoms with Crippen LogP contribution in [0.2, 0.25) is 0 Å². The first-order valence-electron chi connectivity index (χ1n) is 11.5. The number of hydrogen-bond donors (Lipinski definition) is 0. The van der Waals surface area contributed by atoms with Crippen LogP contribution in [0.4, 0.5) is 11.6 Å². The SMILES string of the molecule is CCCN(CCC)C(=O)c1sc2nc(C)nc(N3CCN(c4ccccn4)CC3)c2c1C. The van der Waals surface area contributed by atoms with E-state index in [2.05, 4.69) is 41.6 Å². The second-order valence-electron chi connectivity index (χ2n) is 8.28. The summed E-state index contributed by atoms with van der Waals surface area (Å²) in [5, 5.41) is 1.03. The Hall–Kier alpha value is -2.74. The summed E-state index contributed by atoms with van der Waals surface area (Å²) in [6, 6.07) is 6.03. The second kappa shape index (κ2) is 9.81. The average molecular weight is 453 g/mol. The van der Waals surface area contributed by atoms with Crippen LogP contribution in [0.5, 0.6) is 0 Å². The van der Waals surface area contributed by atoms with E-state index in [1.807, 2.05) is 30.2 Å². The Morgan fingerprint density at radius 1 is 1.03 bits per heavy atom. The Balaban J connectivity index is 1.64. The van der Waals surface area contributed by atoms with Crippen molar-refractivity contribution in [2.24, 2.45) is 0 Å². The summed E-state index contributed by atoms with van der Waals surface area (Å²) in [6.45, 7) is 13.3. The zero-order valence-corrected chi connectivity index (χ0v) is 20.3. The van der Waals surface area contributed by atoms with E-state index in [-0.39, 0.29) is 5.91 Å². The van der Waals surface area contributed by atoms with E-state index in [0.29, 0.717) is 0 Å². The molecule has 0 spiro atoms. The number of piperazine rings is 1. The van der Waals surface area contributed by atoms with Gasteiger partial charge in [0, 0.05) is 45.5 Å². The van der Waals surface area contributed by atoms with Gasteiger partial charge in [-0.3, -0.25) is 4.79 Å². The lowest BCUT2D eigenvalue weighted by Gasteiger charge is -2.36. The highest BCUT2D eigenvalue weighted by atomic mass is 32.1. The Morgan fingerprint density at radius 3 is 2.34 bits per heavy atom. The lowest BCUT2D eigenvalue weighted by atomic mass is 10.1. The van der Waals surface area contributed by atoms with Crippen molar-refractivity contribution in [1.29, 1.82) is 0 Å². The van der Waals surface area contributed by atoms with E-state index < -0.39 is 0 Å². The van der Waals surface area contributed by atoms with E-state index in [1.165, 1.54) is 11.3 Å². The first-order chi connectivity index (χ1) is 15.5. The van der Waals surface area contributed by atoms with Gasteiger partial charge in [-0.2, -0.15) is 0 Å². The minimum absolute atomic E-state index is 0.123. The van der Waals surface area contributed by atoms with Crippen LogP contribution in [0.3, 0.4) is 0 Å². The fourth-order valence-corrected chi connectivity index (χ4v) is 5.53. The minimum atomic E-state index is 0.123. The summed E-state index contributed by atoms with van der Waals surface area (Å²) in [7, 11) is 0. The number of aryl methyl sites for hydroxylation is 2. The number of hydrogen-bond acceptors (Lipinski definition) is 7. The van der Waals surface area contributed by atoms with Gasteiger partial charge in [0.05, 0.1) is 10.3 Å². The molecule has 32 heavy (non-hydrogen) atoms. The lowest BCUT2D eigenvalue weighted by molar-refractivity contribution is 0.0760. The quantitative estimate of drug-likeness (QED) is 0.533. The molecule has 7 nitrogen and oxygen atoms in total.